The summed E-state index contributed by atoms with van der Waals surface area (Å²) in [6.07, 6.45) is 12.7. The number of halogens is 6. The average molecular weight is 1790 g/mol. The number of carboxylic acids is 1. The molecule has 0 radical (unpaired) electrons. The molecular weight excluding hydrogens is 1700 g/mol. The van der Waals surface area contributed by atoms with E-state index in [0.29, 0.717) is 105 Å². The summed E-state index contributed by atoms with van der Waals surface area (Å²) in [5.41, 5.74) is 10.2. The van der Waals surface area contributed by atoms with Gasteiger partial charge in [-0.15, -0.1) is 0 Å². The Bertz CT molecular complexity index is 5590. The quantitative estimate of drug-likeness (QED) is 0.00944. The molecule has 0 aliphatic heterocycles. The first-order valence-electron chi connectivity index (χ1n) is 36.8. The van der Waals surface area contributed by atoms with Gasteiger partial charge in [0.25, 0.3) is 11.1 Å². The second kappa shape index (κ2) is 55.3. The molecule has 0 saturated heterocycles. The number of hydrogen-bond donors (Lipinski definition) is 9. The Hall–Kier alpha value is -11.7. The van der Waals surface area contributed by atoms with Gasteiger partial charge in [-0.2, -0.15) is 0 Å². The van der Waals surface area contributed by atoms with Crippen molar-refractivity contribution >= 4 is 145 Å². The topological polar surface area (TPSA) is 389 Å². The van der Waals surface area contributed by atoms with Gasteiger partial charge in [-0.05, 0) is 170 Å². The Morgan fingerprint density at radius 2 is 0.746 bits per heavy atom. The van der Waals surface area contributed by atoms with E-state index >= 15 is 0 Å². The van der Waals surface area contributed by atoms with E-state index in [-0.39, 0.29) is 71.7 Å². The van der Waals surface area contributed by atoms with Crippen LogP contribution in [0.1, 0.15) is 140 Å². The minimum absolute atomic E-state index is 0. The third kappa shape index (κ3) is 36.0. The van der Waals surface area contributed by atoms with Crippen molar-refractivity contribution in [3.05, 3.63) is 377 Å². The number of carbonyl (C=O) groups excluding carboxylic acids is 7. The van der Waals surface area contributed by atoms with Crippen molar-refractivity contribution in [3.63, 3.8) is 0 Å². The van der Waals surface area contributed by atoms with Gasteiger partial charge in [0.2, 0.25) is 5.24 Å². The third-order valence-electron chi connectivity index (χ3n) is 16.5. The summed E-state index contributed by atoms with van der Waals surface area (Å²) in [7, 11) is 14.8. The number of aromatic amines is 7. The molecule has 7 aromatic carbocycles. The van der Waals surface area contributed by atoms with E-state index in [0.717, 1.165) is 53.5 Å². The molecule has 14 aromatic rings. The molecule has 0 aliphatic rings. The van der Waals surface area contributed by atoms with Gasteiger partial charge in [0.05, 0.1) is 40.9 Å². The Morgan fingerprint density at radius 3 is 1.13 bits per heavy atom. The molecule has 0 fully saturated rings. The van der Waals surface area contributed by atoms with E-state index in [1.165, 1.54) is 47.8 Å². The number of ether oxygens (including phenoxy) is 4. The standard InChI is InChI=1S/C22H17ClN2O3.2C15H15NO3.C13H13NO2.C9H6ClNO2.C8H7ClO.C7H9NO2.CH4.Al.3ClH.Li.H2O/c23-17-7-4-8-18-16(17)12-20(21(26)25-18)28-22(27)19-11-15(13-24-19)10-9-14-5-2-1-3-6-14;2*1-2-19-15(18)13-9-12(10-16-13)14(17)8-11-6-4-3-5-7-11;15-13(16)12-8-11(9-14-12)7-6-10-4-2-1-3-5-10;10-6-2-1-3-7-5(6)4-8(12)9(13)11-7;9-8(10)6-7-4-2-1-3-5-7;1-2-10-7(9)6-4-3-5-8-6;;;;;;;/h1-8,11-13,24H,9-10H2,(H,25,26);2*3-7,9-10,16H,2,8H2,1H3;1-5,8-9,14H,6-7H2,(H,15,16);1-4,12H,(H,11,13);1-5H,6H2;3-5,8H,2H2,1H3;1H4;;3*1H;;1H2/q;;;;;;;;+3;;;;+1;/p-4. The molecule has 32 heteroatoms. The summed E-state index contributed by atoms with van der Waals surface area (Å²) in [4.78, 5) is 134. The van der Waals surface area contributed by atoms with Crippen LogP contribution in [0, 0.1) is 0 Å². The van der Waals surface area contributed by atoms with Crippen molar-refractivity contribution in [1.29, 1.82) is 0 Å². The summed E-state index contributed by atoms with van der Waals surface area (Å²) in [6.45, 7) is 6.29. The van der Waals surface area contributed by atoms with Crippen LogP contribution >= 0.6 is 65.0 Å². The predicted octanol–water partition coefficient (Wildman–Crippen LogP) is 16.5. The maximum atomic E-state index is 12.4. The molecule has 0 aliphatic carbocycles. The van der Waals surface area contributed by atoms with Gasteiger partial charge < -0.3 is 69.5 Å². The first kappa shape index (κ1) is 103. The van der Waals surface area contributed by atoms with Crippen molar-refractivity contribution in [2.75, 3.05) is 19.8 Å². The first-order chi connectivity index (χ1) is 57.3. The first-order valence-corrected chi connectivity index (χ1v) is 43.2. The molecule has 10 N–H and O–H groups in total. The van der Waals surface area contributed by atoms with Crippen LogP contribution in [0.15, 0.2) is 277 Å². The molecule has 14 rings (SSSR count). The molecule has 0 bridgehead atoms. The Kier molecular flexibility index (Phi) is 46.6. The van der Waals surface area contributed by atoms with Gasteiger partial charge >= 0.3 is 60.1 Å². The average Bonchev–Trinajstić information content (AvgIpc) is 1.71. The molecule has 630 valence electrons. The van der Waals surface area contributed by atoms with Crippen LogP contribution < -0.4 is 34.7 Å². The summed E-state index contributed by atoms with van der Waals surface area (Å²) < 4.78 is 19.7. The number of nitrogens with one attached hydrogen (secondary N) is 7. The number of aryl methyl sites for hydroxylation is 4. The number of ketones is 2. The number of H-pyrrole nitrogens is 7. The minimum atomic E-state index is -1.72. The van der Waals surface area contributed by atoms with Crippen LogP contribution in [0.2, 0.25) is 10.0 Å². The summed E-state index contributed by atoms with van der Waals surface area (Å²) in [5.74, 6) is -3.19. The largest absolute Gasteiger partial charge is 1.00 e. The number of aromatic nitrogens is 7. The molecule has 0 amide bonds. The van der Waals surface area contributed by atoms with Crippen molar-refractivity contribution in [1.82, 2.24) is 34.9 Å². The van der Waals surface area contributed by atoms with Crippen molar-refractivity contribution in [2.24, 2.45) is 0 Å². The molecular formula is C90H87AlCl6LiN7O17. The van der Waals surface area contributed by atoms with Crippen LogP contribution in [-0.2, 0) is 64.0 Å². The molecule has 24 nitrogen and oxygen atoms in total. The van der Waals surface area contributed by atoms with Gasteiger partial charge in [-0.25, -0.2) is 54.1 Å². The number of carboxylic acid groups (broad SMARTS) is 1. The van der Waals surface area contributed by atoms with E-state index in [1.54, 1.807) is 100 Å². The third-order valence-corrected chi connectivity index (χ3v) is 17.3. The number of hydrogen-bond acceptors (Lipinski definition) is 16. The second-order valence-electron chi connectivity index (χ2n) is 25.1. The van der Waals surface area contributed by atoms with Gasteiger partial charge in [0, 0.05) is 72.1 Å². The van der Waals surface area contributed by atoms with E-state index < -0.39 is 46.4 Å². The zero-order valence-corrected chi connectivity index (χ0v) is 71.6. The number of esters is 4. The fourth-order valence-corrected chi connectivity index (χ4v) is 11.4. The fraction of sp³-hybridized carbons (Fsp3) is 0.156. The second-order valence-corrected chi connectivity index (χ2v) is 32.8. The van der Waals surface area contributed by atoms with E-state index in [9.17, 15) is 47.9 Å². The van der Waals surface area contributed by atoms with Crippen LogP contribution in [0.3, 0.4) is 0 Å². The fourth-order valence-electron chi connectivity index (χ4n) is 10.8. The van der Waals surface area contributed by atoms with Crippen molar-refractivity contribution < 1.29 is 91.9 Å². The van der Waals surface area contributed by atoms with Crippen molar-refractivity contribution in [3.8, 4) is 11.5 Å². The van der Waals surface area contributed by atoms with Crippen LogP contribution in [0.4, 0.5) is 0 Å². The smallest absolute Gasteiger partial charge is 0.870 e. The molecule has 0 unspecified atom stereocenters. The molecule has 7 heterocycles. The zero-order chi connectivity index (χ0) is 86.0. The maximum Gasteiger partial charge on any atom is 1.00 e. The molecule has 122 heavy (non-hydrogen) atoms. The van der Waals surface area contributed by atoms with Gasteiger partial charge in [-0.3, -0.25) is 24.0 Å². The number of benzene rings is 7. The number of fused-ring (bicyclic) bond motifs is 2. The SMILES string of the molecule is C.CCOC(=O)c1cc(C(=O)Cc2ccccc2)c[nH]1.CCOC(=O)c1cc(C(=O)Cc2ccccc2)c[nH]1.CCOC(=O)c1ccc[nH]1.O=C(Cl)Cc1ccccc1.O=C(O)c1cc(CCc2ccccc2)c[nH]1.O=C(Oc1cc2c(Cl)cccc2[nH]c1=O)c1cc(CCc2ccccc2)c[nH]1.O=c1[nH]c2cccc(Cl)c2cc1O.[Cl][Al]([Cl])[Cl].[Li+].[OH-]. The van der Waals surface area contributed by atoms with Crippen molar-refractivity contribution in [2.45, 2.75) is 73.1 Å². The summed E-state index contributed by atoms with van der Waals surface area (Å²) in [5, 5.41) is 19.8. The molecule has 7 aromatic heterocycles. The number of Topliss-reactive ketones (excluding diaryl/α,β-unsaturated/α-hetero) is 2. The number of aromatic carboxylic acids is 1. The summed E-state index contributed by atoms with van der Waals surface area (Å²) in [6, 6.07) is 71.8. The minimum Gasteiger partial charge on any atom is -0.870 e. The van der Waals surface area contributed by atoms with Gasteiger partial charge in [0.15, 0.2) is 23.1 Å². The Morgan fingerprint density at radius 1 is 0.393 bits per heavy atom. The number of rotatable bonds is 23. The van der Waals surface area contributed by atoms with Crippen LogP contribution in [0.5, 0.6) is 11.5 Å². The van der Waals surface area contributed by atoms with E-state index in [1.807, 2.05) is 127 Å². The predicted molar refractivity (Wildman–Crippen MR) is 474 cm³/mol. The van der Waals surface area contributed by atoms with E-state index in [2.05, 4.69) is 59.2 Å². The maximum absolute atomic E-state index is 12.4. The number of pyridine rings is 2. The normalized spacial score (nSPS) is 9.88. The van der Waals surface area contributed by atoms with Gasteiger partial charge in [0.1, 0.15) is 28.5 Å². The van der Waals surface area contributed by atoms with Gasteiger partial charge in [-0.1, -0.05) is 194 Å². The number of aromatic hydroxyl groups is 1. The monoisotopic (exact) mass is 1780 g/mol. The van der Waals surface area contributed by atoms with E-state index in [4.69, 9.17) is 94.1 Å². The Balaban J connectivity index is 0.000000303. The van der Waals surface area contributed by atoms with Crippen LogP contribution in [0.25, 0.3) is 21.8 Å². The molecule has 0 spiro atoms. The zero-order valence-electron chi connectivity index (χ0n) is 65.9. The molecule has 0 saturated carbocycles. The number of carbonyl (C=O) groups is 8. The Labute approximate surface area is 747 Å². The molecule has 0 atom stereocenters. The summed E-state index contributed by atoms with van der Waals surface area (Å²) >= 11 is 15.5. The van der Waals surface area contributed by atoms with Crippen LogP contribution in [-0.4, -0.2) is 128 Å².